The molecule has 2 heterocycles. The highest BCUT2D eigenvalue weighted by Gasteiger charge is 2.17. The molecule has 5 heteroatoms. The van der Waals surface area contributed by atoms with Gasteiger partial charge in [-0.1, -0.05) is 42.5 Å². The number of halogens is 1. The van der Waals surface area contributed by atoms with E-state index in [0.717, 1.165) is 38.5 Å². The zero-order chi connectivity index (χ0) is 15.2. The maximum absolute atomic E-state index is 5.85. The van der Waals surface area contributed by atoms with E-state index in [4.69, 9.17) is 11.6 Å². The summed E-state index contributed by atoms with van der Waals surface area (Å²) in [7, 11) is 0. The highest BCUT2D eigenvalue weighted by Crippen LogP contribution is 2.14. The molecule has 0 radical (unpaired) electrons. The minimum atomic E-state index is 0.311. The van der Waals surface area contributed by atoms with Gasteiger partial charge in [-0.3, -0.25) is 4.90 Å². The van der Waals surface area contributed by atoms with E-state index in [0.29, 0.717) is 5.28 Å². The molecular formula is C17H19ClN4. The second-order valence-corrected chi connectivity index (χ2v) is 5.62. The van der Waals surface area contributed by atoms with Crippen LogP contribution in [0.2, 0.25) is 5.28 Å². The molecule has 0 saturated carbocycles. The number of piperazine rings is 1. The number of nitrogens with zero attached hydrogens (tertiary/aromatic N) is 4. The lowest BCUT2D eigenvalue weighted by Gasteiger charge is -2.34. The van der Waals surface area contributed by atoms with E-state index in [9.17, 15) is 0 Å². The lowest BCUT2D eigenvalue weighted by molar-refractivity contribution is 0.283. The Morgan fingerprint density at radius 3 is 2.55 bits per heavy atom. The summed E-state index contributed by atoms with van der Waals surface area (Å²) in [6, 6.07) is 12.3. The van der Waals surface area contributed by atoms with Crippen molar-refractivity contribution in [3.05, 3.63) is 59.5 Å². The first-order valence-corrected chi connectivity index (χ1v) is 7.86. The highest BCUT2D eigenvalue weighted by atomic mass is 35.5. The fraction of sp³-hybridized carbons (Fsp3) is 0.294. The number of anilines is 1. The maximum atomic E-state index is 5.85. The Morgan fingerprint density at radius 2 is 1.82 bits per heavy atom. The lowest BCUT2D eigenvalue weighted by Crippen LogP contribution is -2.46. The Morgan fingerprint density at radius 1 is 1.05 bits per heavy atom. The molecule has 22 heavy (non-hydrogen) atoms. The first-order chi connectivity index (χ1) is 10.8. The van der Waals surface area contributed by atoms with Crippen molar-refractivity contribution in [2.45, 2.75) is 0 Å². The van der Waals surface area contributed by atoms with E-state index in [-0.39, 0.29) is 0 Å². The molecule has 0 bridgehead atoms. The van der Waals surface area contributed by atoms with Crippen molar-refractivity contribution < 1.29 is 0 Å². The van der Waals surface area contributed by atoms with E-state index in [2.05, 4.69) is 56.2 Å². The summed E-state index contributed by atoms with van der Waals surface area (Å²) in [5.41, 5.74) is 1.25. The fourth-order valence-corrected chi connectivity index (χ4v) is 2.71. The monoisotopic (exact) mass is 314 g/mol. The standard InChI is InChI=1S/C17H19ClN4/c18-17-19-9-8-16(20-17)22-13-11-21(12-14-22)10-4-7-15-5-2-1-3-6-15/h1-9H,10-14H2/b7-4+. The Balaban J connectivity index is 1.49. The normalized spacial score (nSPS) is 16.3. The number of aromatic nitrogens is 2. The van der Waals surface area contributed by atoms with Gasteiger partial charge in [0.05, 0.1) is 0 Å². The van der Waals surface area contributed by atoms with Crippen LogP contribution >= 0.6 is 11.6 Å². The van der Waals surface area contributed by atoms with Gasteiger partial charge in [0.25, 0.3) is 0 Å². The molecule has 3 rings (SSSR count). The first kappa shape index (κ1) is 15.0. The third-order valence-electron chi connectivity index (χ3n) is 3.78. The average molecular weight is 315 g/mol. The molecular weight excluding hydrogens is 296 g/mol. The van der Waals surface area contributed by atoms with E-state index in [1.165, 1.54) is 5.56 Å². The van der Waals surface area contributed by atoms with E-state index >= 15 is 0 Å². The fourth-order valence-electron chi connectivity index (χ4n) is 2.56. The van der Waals surface area contributed by atoms with Crippen molar-refractivity contribution in [3.8, 4) is 0 Å². The Hall–Kier alpha value is -1.91. The Kier molecular flexibility index (Phi) is 5.03. The van der Waals surface area contributed by atoms with Crippen LogP contribution in [-0.4, -0.2) is 47.6 Å². The molecule has 1 aliphatic rings. The van der Waals surface area contributed by atoms with E-state index < -0.39 is 0 Å². The quantitative estimate of drug-likeness (QED) is 0.812. The van der Waals surface area contributed by atoms with Crippen molar-refractivity contribution >= 4 is 23.5 Å². The summed E-state index contributed by atoms with van der Waals surface area (Å²) in [5, 5.41) is 0.311. The van der Waals surface area contributed by atoms with Gasteiger partial charge >= 0.3 is 0 Å². The SMILES string of the molecule is Clc1nccc(N2CCN(C/C=C/c3ccccc3)CC2)n1. The van der Waals surface area contributed by atoms with Crippen LogP contribution in [0.25, 0.3) is 6.08 Å². The van der Waals surface area contributed by atoms with Gasteiger partial charge in [0.15, 0.2) is 0 Å². The van der Waals surface area contributed by atoms with Gasteiger partial charge in [-0.15, -0.1) is 0 Å². The molecule has 2 aromatic rings. The highest BCUT2D eigenvalue weighted by molar-refractivity contribution is 6.28. The maximum Gasteiger partial charge on any atom is 0.224 e. The smallest absolute Gasteiger partial charge is 0.224 e. The number of hydrogen-bond acceptors (Lipinski definition) is 4. The molecule has 0 spiro atoms. The summed E-state index contributed by atoms with van der Waals surface area (Å²) in [5.74, 6) is 0.916. The molecule has 1 saturated heterocycles. The summed E-state index contributed by atoms with van der Waals surface area (Å²) in [6.07, 6.45) is 6.11. The molecule has 114 valence electrons. The van der Waals surface area contributed by atoms with Crippen LogP contribution < -0.4 is 4.90 Å². The van der Waals surface area contributed by atoms with Crippen molar-refractivity contribution in [3.63, 3.8) is 0 Å². The second-order valence-electron chi connectivity index (χ2n) is 5.28. The van der Waals surface area contributed by atoms with Gasteiger partial charge in [-0.05, 0) is 23.2 Å². The molecule has 1 aromatic heterocycles. The summed E-state index contributed by atoms with van der Waals surface area (Å²) >= 11 is 5.85. The minimum Gasteiger partial charge on any atom is -0.354 e. The average Bonchev–Trinajstić information content (AvgIpc) is 2.56. The summed E-state index contributed by atoms with van der Waals surface area (Å²) in [6.45, 7) is 4.97. The Bertz CT molecular complexity index is 622. The van der Waals surface area contributed by atoms with Crippen LogP contribution in [0.5, 0.6) is 0 Å². The minimum absolute atomic E-state index is 0.311. The molecule has 1 aromatic carbocycles. The van der Waals surface area contributed by atoms with Gasteiger partial charge in [0, 0.05) is 38.9 Å². The van der Waals surface area contributed by atoms with E-state index in [1.54, 1.807) is 6.20 Å². The van der Waals surface area contributed by atoms with Gasteiger partial charge in [0.2, 0.25) is 5.28 Å². The van der Waals surface area contributed by atoms with Crippen LogP contribution in [0.4, 0.5) is 5.82 Å². The number of rotatable bonds is 4. The first-order valence-electron chi connectivity index (χ1n) is 7.49. The number of hydrogen-bond donors (Lipinski definition) is 0. The molecule has 1 aliphatic heterocycles. The van der Waals surface area contributed by atoms with Crippen molar-refractivity contribution in [1.29, 1.82) is 0 Å². The number of benzene rings is 1. The lowest BCUT2D eigenvalue weighted by atomic mass is 10.2. The van der Waals surface area contributed by atoms with E-state index in [1.807, 2.05) is 12.1 Å². The van der Waals surface area contributed by atoms with Crippen molar-refractivity contribution in [2.24, 2.45) is 0 Å². The van der Waals surface area contributed by atoms with Gasteiger partial charge in [0.1, 0.15) is 5.82 Å². The summed E-state index contributed by atoms with van der Waals surface area (Å²) < 4.78 is 0. The second kappa shape index (κ2) is 7.38. The molecule has 0 amide bonds. The largest absolute Gasteiger partial charge is 0.354 e. The Labute approximate surface area is 136 Å². The molecule has 0 unspecified atom stereocenters. The van der Waals surface area contributed by atoms with Crippen LogP contribution in [-0.2, 0) is 0 Å². The molecule has 4 nitrogen and oxygen atoms in total. The topological polar surface area (TPSA) is 32.3 Å². The molecule has 1 fully saturated rings. The third kappa shape index (κ3) is 4.06. The molecule has 0 N–H and O–H groups in total. The van der Waals surface area contributed by atoms with Crippen molar-refractivity contribution in [2.75, 3.05) is 37.6 Å². The van der Waals surface area contributed by atoms with Crippen molar-refractivity contribution in [1.82, 2.24) is 14.9 Å². The predicted octanol–water partition coefficient (Wildman–Crippen LogP) is 2.97. The third-order valence-corrected chi connectivity index (χ3v) is 3.96. The zero-order valence-corrected chi connectivity index (χ0v) is 13.2. The zero-order valence-electron chi connectivity index (χ0n) is 12.4. The van der Waals surface area contributed by atoms with Crippen LogP contribution in [0.15, 0.2) is 48.7 Å². The van der Waals surface area contributed by atoms with Crippen LogP contribution in [0, 0.1) is 0 Å². The van der Waals surface area contributed by atoms with Crippen LogP contribution in [0.1, 0.15) is 5.56 Å². The van der Waals surface area contributed by atoms with Gasteiger partial charge < -0.3 is 4.90 Å². The van der Waals surface area contributed by atoms with Crippen LogP contribution in [0.3, 0.4) is 0 Å². The van der Waals surface area contributed by atoms with Gasteiger partial charge in [-0.2, -0.15) is 0 Å². The van der Waals surface area contributed by atoms with Gasteiger partial charge in [-0.25, -0.2) is 9.97 Å². The summed E-state index contributed by atoms with van der Waals surface area (Å²) in [4.78, 5) is 12.9. The molecule has 0 atom stereocenters. The predicted molar refractivity (Wildman–Crippen MR) is 91.2 cm³/mol. The molecule has 0 aliphatic carbocycles.